The Balaban J connectivity index is 1.92. The van der Waals surface area contributed by atoms with Gasteiger partial charge in [0.25, 0.3) is 0 Å². The van der Waals surface area contributed by atoms with Crippen LogP contribution in [0, 0.1) is 0 Å². The van der Waals surface area contributed by atoms with Crippen molar-refractivity contribution >= 4 is 5.97 Å². The van der Waals surface area contributed by atoms with Gasteiger partial charge in [-0.1, -0.05) is 24.3 Å². The van der Waals surface area contributed by atoms with Gasteiger partial charge < -0.3 is 10.4 Å². The van der Waals surface area contributed by atoms with E-state index in [4.69, 9.17) is 5.11 Å². The highest BCUT2D eigenvalue weighted by Gasteiger charge is 2.09. The number of hydrogen-bond acceptors (Lipinski definition) is 2. The summed E-state index contributed by atoms with van der Waals surface area (Å²) in [7, 11) is 0. The molecule has 2 rings (SSSR count). The fourth-order valence-corrected chi connectivity index (χ4v) is 2.06. The summed E-state index contributed by atoms with van der Waals surface area (Å²) in [6.07, 6.45) is 7.78. The van der Waals surface area contributed by atoms with E-state index < -0.39 is 5.97 Å². The molecule has 0 aliphatic heterocycles. The lowest BCUT2D eigenvalue weighted by atomic mass is 10.0. The third-order valence-corrected chi connectivity index (χ3v) is 3.04. The van der Waals surface area contributed by atoms with Crippen LogP contribution >= 0.6 is 0 Å². The van der Waals surface area contributed by atoms with Crippen molar-refractivity contribution in [3.63, 3.8) is 0 Å². The minimum atomic E-state index is -0.868. The first-order valence-corrected chi connectivity index (χ1v) is 5.96. The highest BCUT2D eigenvalue weighted by atomic mass is 16.4. The summed E-state index contributed by atoms with van der Waals surface area (Å²) in [5, 5.41) is 12.4. The molecule has 90 valence electrons. The molecule has 0 radical (unpaired) electrons. The summed E-state index contributed by atoms with van der Waals surface area (Å²) in [4.78, 5) is 10.8. The molecule has 1 aliphatic rings. The first kappa shape index (κ1) is 11.9. The van der Waals surface area contributed by atoms with Crippen molar-refractivity contribution < 1.29 is 9.90 Å². The van der Waals surface area contributed by atoms with Gasteiger partial charge in [0.2, 0.25) is 0 Å². The molecule has 0 bridgehead atoms. The number of allylic oxidation sites excluding steroid dienone is 1. The van der Waals surface area contributed by atoms with E-state index in [1.54, 1.807) is 18.2 Å². The zero-order chi connectivity index (χ0) is 12.1. The van der Waals surface area contributed by atoms with Crippen LogP contribution in [0.3, 0.4) is 0 Å². The highest BCUT2D eigenvalue weighted by Crippen LogP contribution is 2.12. The third-order valence-electron chi connectivity index (χ3n) is 3.04. The van der Waals surface area contributed by atoms with Crippen molar-refractivity contribution in [3.05, 3.63) is 47.5 Å². The number of benzene rings is 1. The Morgan fingerprint density at radius 3 is 3.00 bits per heavy atom. The molecular formula is C14H17NO2. The summed E-state index contributed by atoms with van der Waals surface area (Å²) >= 11 is 0. The quantitative estimate of drug-likeness (QED) is 0.783. The molecule has 17 heavy (non-hydrogen) atoms. The summed E-state index contributed by atoms with van der Waals surface area (Å²) in [5.74, 6) is -0.868. The van der Waals surface area contributed by atoms with Crippen LogP contribution in [0.4, 0.5) is 0 Å². The SMILES string of the molecule is O=C(O)c1cccc(CNC2CC=CCC2)c1. The molecule has 0 spiro atoms. The van der Waals surface area contributed by atoms with Crippen LogP contribution in [0.5, 0.6) is 0 Å². The van der Waals surface area contributed by atoms with Gasteiger partial charge in [0.05, 0.1) is 5.56 Å². The minimum absolute atomic E-state index is 0.354. The first-order chi connectivity index (χ1) is 8.25. The van der Waals surface area contributed by atoms with Gasteiger partial charge in [0.1, 0.15) is 0 Å². The molecule has 0 amide bonds. The number of rotatable bonds is 4. The van der Waals surface area contributed by atoms with Gasteiger partial charge in [0.15, 0.2) is 0 Å². The minimum Gasteiger partial charge on any atom is -0.478 e. The summed E-state index contributed by atoms with van der Waals surface area (Å²) in [5.41, 5.74) is 1.38. The molecule has 0 fully saturated rings. The molecule has 3 nitrogen and oxygen atoms in total. The number of carboxylic acid groups (broad SMARTS) is 1. The zero-order valence-electron chi connectivity index (χ0n) is 9.73. The van der Waals surface area contributed by atoms with Gasteiger partial charge in [-0.2, -0.15) is 0 Å². The number of nitrogens with one attached hydrogen (secondary N) is 1. The Hall–Kier alpha value is -1.61. The van der Waals surface area contributed by atoms with E-state index in [0.717, 1.165) is 31.4 Å². The van der Waals surface area contributed by atoms with Gasteiger partial charge in [-0.3, -0.25) is 0 Å². The molecule has 1 aromatic carbocycles. The van der Waals surface area contributed by atoms with Crippen LogP contribution < -0.4 is 5.32 Å². The maximum Gasteiger partial charge on any atom is 0.335 e. The molecule has 1 aliphatic carbocycles. The normalized spacial score (nSPS) is 19.2. The molecule has 0 heterocycles. The van der Waals surface area contributed by atoms with Gasteiger partial charge >= 0.3 is 5.97 Å². The Labute approximate surface area is 101 Å². The van der Waals surface area contributed by atoms with Crippen LogP contribution in [0.15, 0.2) is 36.4 Å². The van der Waals surface area contributed by atoms with Crippen LogP contribution in [-0.4, -0.2) is 17.1 Å². The summed E-state index contributed by atoms with van der Waals surface area (Å²) in [6, 6.07) is 7.62. The molecular weight excluding hydrogens is 214 g/mol. The lowest BCUT2D eigenvalue weighted by molar-refractivity contribution is 0.0697. The largest absolute Gasteiger partial charge is 0.478 e. The van der Waals surface area contributed by atoms with E-state index in [-0.39, 0.29) is 0 Å². The summed E-state index contributed by atoms with van der Waals surface area (Å²) in [6.45, 7) is 0.736. The molecule has 0 aromatic heterocycles. The van der Waals surface area contributed by atoms with Crippen molar-refractivity contribution in [2.24, 2.45) is 0 Å². The smallest absolute Gasteiger partial charge is 0.335 e. The number of aromatic carboxylic acids is 1. The van der Waals surface area contributed by atoms with E-state index in [0.29, 0.717) is 11.6 Å². The van der Waals surface area contributed by atoms with Crippen molar-refractivity contribution in [1.82, 2.24) is 5.32 Å². The number of carboxylic acids is 1. The Kier molecular flexibility index (Phi) is 3.94. The van der Waals surface area contributed by atoms with Gasteiger partial charge in [-0.05, 0) is 37.0 Å². The fraction of sp³-hybridized carbons (Fsp3) is 0.357. The second-order valence-corrected chi connectivity index (χ2v) is 4.37. The molecule has 2 N–H and O–H groups in total. The molecule has 1 atom stereocenters. The lowest BCUT2D eigenvalue weighted by Crippen LogP contribution is -2.29. The maximum absolute atomic E-state index is 10.8. The zero-order valence-corrected chi connectivity index (χ0v) is 9.73. The Morgan fingerprint density at radius 2 is 2.29 bits per heavy atom. The second-order valence-electron chi connectivity index (χ2n) is 4.37. The van der Waals surface area contributed by atoms with Crippen molar-refractivity contribution in [1.29, 1.82) is 0 Å². The van der Waals surface area contributed by atoms with Gasteiger partial charge in [-0.25, -0.2) is 4.79 Å². The van der Waals surface area contributed by atoms with E-state index in [1.807, 2.05) is 6.07 Å². The second kappa shape index (κ2) is 5.64. The van der Waals surface area contributed by atoms with E-state index in [2.05, 4.69) is 17.5 Å². The van der Waals surface area contributed by atoms with Crippen molar-refractivity contribution in [2.75, 3.05) is 0 Å². The topological polar surface area (TPSA) is 49.3 Å². The number of hydrogen-bond donors (Lipinski definition) is 2. The van der Waals surface area contributed by atoms with Crippen molar-refractivity contribution in [2.45, 2.75) is 31.8 Å². The first-order valence-electron chi connectivity index (χ1n) is 5.96. The molecule has 3 heteroatoms. The van der Waals surface area contributed by atoms with E-state index in [9.17, 15) is 4.79 Å². The average Bonchev–Trinajstić information content (AvgIpc) is 2.38. The maximum atomic E-state index is 10.8. The standard InChI is InChI=1S/C14H17NO2/c16-14(17)12-6-4-5-11(9-12)10-15-13-7-2-1-3-8-13/h1-2,4-6,9,13,15H,3,7-8,10H2,(H,16,17). The van der Waals surface area contributed by atoms with Gasteiger partial charge in [0, 0.05) is 12.6 Å². The number of carbonyl (C=O) groups is 1. The molecule has 0 saturated heterocycles. The van der Waals surface area contributed by atoms with Crippen LogP contribution in [0.25, 0.3) is 0 Å². The Bertz CT molecular complexity index is 426. The van der Waals surface area contributed by atoms with Gasteiger partial charge in [-0.15, -0.1) is 0 Å². The van der Waals surface area contributed by atoms with E-state index >= 15 is 0 Å². The predicted molar refractivity (Wildman–Crippen MR) is 67.0 cm³/mol. The molecule has 0 saturated carbocycles. The Morgan fingerprint density at radius 1 is 1.41 bits per heavy atom. The van der Waals surface area contributed by atoms with E-state index in [1.165, 1.54) is 0 Å². The third kappa shape index (κ3) is 3.43. The lowest BCUT2D eigenvalue weighted by Gasteiger charge is -2.19. The fourth-order valence-electron chi connectivity index (χ4n) is 2.06. The molecule has 1 aromatic rings. The highest BCUT2D eigenvalue weighted by molar-refractivity contribution is 5.87. The van der Waals surface area contributed by atoms with Crippen LogP contribution in [0.2, 0.25) is 0 Å². The van der Waals surface area contributed by atoms with Crippen LogP contribution in [-0.2, 0) is 6.54 Å². The average molecular weight is 231 g/mol. The summed E-state index contributed by atoms with van der Waals surface area (Å²) < 4.78 is 0. The van der Waals surface area contributed by atoms with Crippen LogP contribution in [0.1, 0.15) is 35.2 Å². The monoisotopic (exact) mass is 231 g/mol. The molecule has 1 unspecified atom stereocenters. The predicted octanol–water partition coefficient (Wildman–Crippen LogP) is 2.58. The van der Waals surface area contributed by atoms with Crippen molar-refractivity contribution in [3.8, 4) is 0 Å².